The Morgan fingerprint density at radius 2 is 1.88 bits per heavy atom. The maximum absolute atomic E-state index is 12.4. The van der Waals surface area contributed by atoms with Crippen LogP contribution in [0.2, 0.25) is 10.0 Å². The Labute approximate surface area is 155 Å². The first kappa shape index (κ1) is 17.8. The molecule has 2 heterocycles. The van der Waals surface area contributed by atoms with E-state index in [2.05, 4.69) is 14.9 Å². The van der Waals surface area contributed by atoms with Crippen LogP contribution in [0.25, 0.3) is 0 Å². The molecule has 0 spiro atoms. The average Bonchev–Trinajstić information content (AvgIpc) is 3.20. The van der Waals surface area contributed by atoms with Crippen LogP contribution in [0.4, 0.5) is 5.82 Å². The quantitative estimate of drug-likeness (QED) is 0.689. The molecule has 0 aliphatic rings. The minimum Gasteiger partial charge on any atom is -0.272 e. The minimum absolute atomic E-state index is 0.0815. The Hall–Kier alpha value is -2.03. The van der Waals surface area contributed by atoms with Gasteiger partial charge in [0.05, 0.1) is 12.7 Å². The highest BCUT2D eigenvalue weighted by Crippen LogP contribution is 2.25. The molecule has 0 bridgehead atoms. The van der Waals surface area contributed by atoms with Gasteiger partial charge in [-0.05, 0) is 19.1 Å². The van der Waals surface area contributed by atoms with Crippen LogP contribution in [-0.2, 0) is 23.1 Å². The maximum Gasteiger partial charge on any atom is 0.266 e. The third-order valence-electron chi connectivity index (χ3n) is 3.51. The minimum atomic E-state index is -3.74. The number of anilines is 1. The van der Waals surface area contributed by atoms with E-state index in [1.165, 1.54) is 17.1 Å². The van der Waals surface area contributed by atoms with Crippen molar-refractivity contribution in [1.29, 1.82) is 0 Å². The highest BCUT2D eigenvalue weighted by atomic mass is 35.5. The van der Waals surface area contributed by atoms with Crippen LogP contribution in [0.5, 0.6) is 0 Å². The number of nitrogens with one attached hydrogen (secondary N) is 1. The van der Waals surface area contributed by atoms with Crippen molar-refractivity contribution in [3.8, 4) is 0 Å². The number of aromatic nitrogens is 4. The molecule has 0 atom stereocenters. The summed E-state index contributed by atoms with van der Waals surface area (Å²) >= 11 is 12.3. The van der Waals surface area contributed by atoms with E-state index >= 15 is 0 Å². The standard InChI is InChI=1S/C15H15Cl2N5O2S/c1-2-21-9-11(8-18-21)25(23,24)20-15-6-7-22(19-15)10-12-13(16)4-3-5-14(12)17/h3-9H,2,10H2,1H3,(H,19,20). The van der Waals surface area contributed by atoms with Gasteiger partial charge < -0.3 is 0 Å². The molecule has 3 aromatic rings. The molecule has 0 unspecified atom stereocenters. The normalized spacial score (nSPS) is 11.6. The van der Waals surface area contributed by atoms with Gasteiger partial charge in [0.25, 0.3) is 10.0 Å². The van der Waals surface area contributed by atoms with Crippen LogP contribution in [-0.4, -0.2) is 28.0 Å². The number of halogens is 2. The third-order valence-corrected chi connectivity index (χ3v) is 5.52. The molecule has 3 rings (SSSR count). The van der Waals surface area contributed by atoms with Crippen molar-refractivity contribution in [2.45, 2.75) is 24.9 Å². The Morgan fingerprint density at radius 1 is 1.16 bits per heavy atom. The summed E-state index contributed by atoms with van der Waals surface area (Å²) in [5, 5.41) is 9.22. The number of benzene rings is 1. The molecule has 10 heteroatoms. The molecule has 0 amide bonds. The van der Waals surface area contributed by atoms with Gasteiger partial charge in [-0.3, -0.25) is 14.1 Å². The van der Waals surface area contributed by atoms with Gasteiger partial charge >= 0.3 is 0 Å². The summed E-state index contributed by atoms with van der Waals surface area (Å²) in [7, 11) is -3.74. The Kier molecular flexibility index (Phi) is 5.03. The van der Waals surface area contributed by atoms with E-state index in [1.54, 1.807) is 35.1 Å². The second kappa shape index (κ2) is 7.07. The van der Waals surface area contributed by atoms with Crippen LogP contribution < -0.4 is 4.72 Å². The lowest BCUT2D eigenvalue weighted by molar-refractivity contribution is 0.600. The second-order valence-corrected chi connectivity index (χ2v) is 7.73. The number of aryl methyl sites for hydroxylation is 1. The summed E-state index contributed by atoms with van der Waals surface area (Å²) in [6.45, 7) is 2.79. The van der Waals surface area contributed by atoms with Crippen LogP contribution in [0.15, 0.2) is 47.8 Å². The first-order chi connectivity index (χ1) is 11.9. The van der Waals surface area contributed by atoms with Crippen LogP contribution in [0, 0.1) is 0 Å². The molecule has 0 aliphatic heterocycles. The second-order valence-electron chi connectivity index (χ2n) is 5.24. The van der Waals surface area contributed by atoms with Gasteiger partial charge in [-0.15, -0.1) is 0 Å². The summed E-state index contributed by atoms with van der Waals surface area (Å²) in [6.07, 6.45) is 4.40. The molecule has 2 aromatic heterocycles. The van der Waals surface area contributed by atoms with Crippen molar-refractivity contribution in [3.05, 3.63) is 58.5 Å². The number of hydrogen-bond acceptors (Lipinski definition) is 4. The zero-order chi connectivity index (χ0) is 18.0. The van der Waals surface area contributed by atoms with Crippen molar-refractivity contribution >= 4 is 39.0 Å². The lowest BCUT2D eigenvalue weighted by atomic mass is 10.2. The fourth-order valence-corrected chi connectivity index (χ4v) is 3.67. The molecule has 1 N–H and O–H groups in total. The van der Waals surface area contributed by atoms with E-state index in [0.29, 0.717) is 28.7 Å². The van der Waals surface area contributed by atoms with Gasteiger partial charge in [-0.1, -0.05) is 29.3 Å². The maximum atomic E-state index is 12.4. The molecular formula is C15H15Cl2N5O2S. The summed E-state index contributed by atoms with van der Waals surface area (Å²) < 4.78 is 30.2. The molecule has 0 saturated heterocycles. The van der Waals surface area contributed by atoms with E-state index < -0.39 is 10.0 Å². The van der Waals surface area contributed by atoms with Crippen LogP contribution in [0.3, 0.4) is 0 Å². The van der Waals surface area contributed by atoms with E-state index in [0.717, 1.165) is 0 Å². The first-order valence-corrected chi connectivity index (χ1v) is 9.64. The molecule has 0 fully saturated rings. The van der Waals surface area contributed by atoms with Gasteiger partial charge in [0, 0.05) is 40.6 Å². The molecule has 0 radical (unpaired) electrons. The SMILES string of the molecule is CCn1cc(S(=O)(=O)Nc2ccn(Cc3c(Cl)cccc3Cl)n2)cn1. The molecule has 1 aromatic carbocycles. The highest BCUT2D eigenvalue weighted by Gasteiger charge is 2.18. The van der Waals surface area contributed by atoms with Crippen molar-refractivity contribution in [3.63, 3.8) is 0 Å². The van der Waals surface area contributed by atoms with Gasteiger partial charge in [-0.2, -0.15) is 10.2 Å². The number of hydrogen-bond donors (Lipinski definition) is 1. The summed E-state index contributed by atoms with van der Waals surface area (Å²) in [4.78, 5) is 0.0815. The molecule has 25 heavy (non-hydrogen) atoms. The predicted octanol–water partition coefficient (Wildman–Crippen LogP) is 3.26. The van der Waals surface area contributed by atoms with Crippen LogP contribution in [0.1, 0.15) is 12.5 Å². The van der Waals surface area contributed by atoms with Crippen molar-refractivity contribution in [2.24, 2.45) is 0 Å². The predicted molar refractivity (Wildman–Crippen MR) is 96.5 cm³/mol. The monoisotopic (exact) mass is 399 g/mol. The largest absolute Gasteiger partial charge is 0.272 e. The molecule has 132 valence electrons. The fraction of sp³-hybridized carbons (Fsp3) is 0.200. The van der Waals surface area contributed by atoms with Crippen molar-refractivity contribution in [2.75, 3.05) is 4.72 Å². The van der Waals surface area contributed by atoms with Crippen LogP contribution >= 0.6 is 23.2 Å². The smallest absolute Gasteiger partial charge is 0.266 e. The van der Waals surface area contributed by atoms with Gasteiger partial charge in [0.1, 0.15) is 4.90 Å². The number of nitrogens with zero attached hydrogens (tertiary/aromatic N) is 4. The summed E-state index contributed by atoms with van der Waals surface area (Å²) in [5.41, 5.74) is 0.715. The lowest BCUT2D eigenvalue weighted by Gasteiger charge is -2.07. The topological polar surface area (TPSA) is 81.8 Å². The van der Waals surface area contributed by atoms with Gasteiger partial charge in [-0.25, -0.2) is 8.42 Å². The fourth-order valence-electron chi connectivity index (χ4n) is 2.20. The van der Waals surface area contributed by atoms with Gasteiger partial charge in [0.2, 0.25) is 0 Å². The lowest BCUT2D eigenvalue weighted by Crippen LogP contribution is -2.13. The van der Waals surface area contributed by atoms with E-state index in [9.17, 15) is 8.42 Å². The Balaban J connectivity index is 1.77. The van der Waals surface area contributed by atoms with E-state index in [-0.39, 0.29) is 10.7 Å². The van der Waals surface area contributed by atoms with Gasteiger partial charge in [0.15, 0.2) is 5.82 Å². The van der Waals surface area contributed by atoms with Crippen molar-refractivity contribution in [1.82, 2.24) is 19.6 Å². The average molecular weight is 400 g/mol. The number of rotatable bonds is 6. The number of sulfonamides is 1. The Morgan fingerprint density at radius 3 is 2.52 bits per heavy atom. The molecular weight excluding hydrogens is 385 g/mol. The molecule has 7 nitrogen and oxygen atoms in total. The summed E-state index contributed by atoms with van der Waals surface area (Å²) in [5.74, 6) is 0.201. The third kappa shape index (κ3) is 3.97. The molecule has 0 aliphatic carbocycles. The zero-order valence-electron chi connectivity index (χ0n) is 13.2. The van der Waals surface area contributed by atoms with E-state index in [4.69, 9.17) is 23.2 Å². The summed E-state index contributed by atoms with van der Waals surface area (Å²) in [6, 6.07) is 6.79. The zero-order valence-corrected chi connectivity index (χ0v) is 15.6. The first-order valence-electron chi connectivity index (χ1n) is 7.40. The molecule has 0 saturated carbocycles. The van der Waals surface area contributed by atoms with Crippen molar-refractivity contribution < 1.29 is 8.42 Å². The van der Waals surface area contributed by atoms with E-state index in [1.807, 2.05) is 6.92 Å². The highest BCUT2D eigenvalue weighted by molar-refractivity contribution is 7.92. The Bertz CT molecular complexity index is 977.